The van der Waals surface area contributed by atoms with Crippen LogP contribution in [0.25, 0.3) is 0 Å². The predicted octanol–water partition coefficient (Wildman–Crippen LogP) is 2.30. The Balaban J connectivity index is 0.00000121. The lowest BCUT2D eigenvalue weighted by molar-refractivity contribution is -0.138. The molecule has 3 heterocycles. The van der Waals surface area contributed by atoms with E-state index >= 15 is 0 Å². The van der Waals surface area contributed by atoms with E-state index in [1.54, 1.807) is 0 Å². The number of carbonyl (C=O) groups excluding carboxylic acids is 1. The highest BCUT2D eigenvalue weighted by Gasteiger charge is 2.35. The van der Waals surface area contributed by atoms with Gasteiger partial charge in [0.25, 0.3) is 0 Å². The number of rotatable bonds is 3. The Kier molecular flexibility index (Phi) is 8.47. The van der Waals surface area contributed by atoms with E-state index in [1.165, 1.54) is 32.2 Å². The molecule has 0 aromatic carbocycles. The fourth-order valence-corrected chi connectivity index (χ4v) is 4.13. The van der Waals surface area contributed by atoms with Crippen LogP contribution in [-0.2, 0) is 4.79 Å². The molecule has 3 fully saturated rings. The molecule has 1 amide bonds. The maximum absolute atomic E-state index is 12.5. The Hall–Kier alpha value is -0.0300. The van der Waals surface area contributed by atoms with E-state index in [0.29, 0.717) is 18.0 Å². The van der Waals surface area contributed by atoms with Gasteiger partial charge in [-0.05, 0) is 58.2 Å². The molecule has 6 heteroatoms. The van der Waals surface area contributed by atoms with E-state index in [0.717, 1.165) is 44.9 Å². The van der Waals surface area contributed by atoms with Crippen LogP contribution >= 0.6 is 24.8 Å². The van der Waals surface area contributed by atoms with Crippen molar-refractivity contribution in [2.45, 2.75) is 57.5 Å². The van der Waals surface area contributed by atoms with E-state index in [4.69, 9.17) is 0 Å². The van der Waals surface area contributed by atoms with Gasteiger partial charge >= 0.3 is 0 Å². The molecule has 3 saturated heterocycles. The minimum Gasteiger partial charge on any atom is -0.337 e. The third kappa shape index (κ3) is 4.73. The summed E-state index contributed by atoms with van der Waals surface area (Å²) in [6.07, 6.45) is 7.03. The SMILES string of the molecule is CC1CN2CCCCC2CN1C(=O)CCC1CCNC1.Cl.Cl. The van der Waals surface area contributed by atoms with E-state index in [9.17, 15) is 4.79 Å². The zero-order chi connectivity index (χ0) is 13.9. The Morgan fingerprint density at radius 3 is 2.73 bits per heavy atom. The first-order valence-electron chi connectivity index (χ1n) is 8.48. The molecule has 4 nitrogen and oxygen atoms in total. The molecule has 3 rings (SSSR count). The Morgan fingerprint density at radius 1 is 1.18 bits per heavy atom. The van der Waals surface area contributed by atoms with Crippen LogP contribution in [-0.4, -0.2) is 60.5 Å². The molecule has 0 bridgehead atoms. The monoisotopic (exact) mass is 351 g/mol. The summed E-state index contributed by atoms with van der Waals surface area (Å²) in [7, 11) is 0. The van der Waals surface area contributed by atoms with Gasteiger partial charge in [0.15, 0.2) is 0 Å². The third-order valence-electron chi connectivity index (χ3n) is 5.44. The lowest BCUT2D eigenvalue weighted by atomic mass is 9.96. The first kappa shape index (κ1) is 20.0. The number of piperidine rings is 1. The second-order valence-electron chi connectivity index (χ2n) is 6.94. The first-order valence-corrected chi connectivity index (χ1v) is 8.48. The molecular weight excluding hydrogens is 321 g/mol. The minimum atomic E-state index is 0. The number of hydrogen-bond acceptors (Lipinski definition) is 3. The van der Waals surface area contributed by atoms with Crippen molar-refractivity contribution in [3.8, 4) is 0 Å². The van der Waals surface area contributed by atoms with Gasteiger partial charge < -0.3 is 10.2 Å². The molecule has 0 aliphatic carbocycles. The second-order valence-corrected chi connectivity index (χ2v) is 6.94. The molecule has 3 aliphatic heterocycles. The van der Waals surface area contributed by atoms with Crippen LogP contribution in [0.1, 0.15) is 45.4 Å². The first-order chi connectivity index (χ1) is 9.74. The summed E-state index contributed by atoms with van der Waals surface area (Å²) in [5.41, 5.74) is 0. The van der Waals surface area contributed by atoms with Crippen molar-refractivity contribution < 1.29 is 4.79 Å². The number of fused-ring (bicyclic) bond motifs is 1. The van der Waals surface area contributed by atoms with E-state index in [2.05, 4.69) is 22.0 Å². The van der Waals surface area contributed by atoms with E-state index in [1.807, 2.05) is 0 Å². The van der Waals surface area contributed by atoms with Gasteiger partial charge in [0.1, 0.15) is 0 Å². The van der Waals surface area contributed by atoms with Crippen molar-refractivity contribution in [2.75, 3.05) is 32.7 Å². The van der Waals surface area contributed by atoms with Crippen LogP contribution in [0, 0.1) is 5.92 Å². The quantitative estimate of drug-likeness (QED) is 0.847. The van der Waals surface area contributed by atoms with Crippen molar-refractivity contribution in [3.05, 3.63) is 0 Å². The highest BCUT2D eigenvalue weighted by atomic mass is 35.5. The van der Waals surface area contributed by atoms with Crippen LogP contribution in [0.15, 0.2) is 0 Å². The Labute approximate surface area is 147 Å². The number of piperazine rings is 1. The average molecular weight is 352 g/mol. The fraction of sp³-hybridized carbons (Fsp3) is 0.938. The zero-order valence-electron chi connectivity index (χ0n) is 13.6. The molecule has 0 radical (unpaired) electrons. The van der Waals surface area contributed by atoms with Gasteiger partial charge in [-0.15, -0.1) is 24.8 Å². The molecule has 0 saturated carbocycles. The van der Waals surface area contributed by atoms with Gasteiger partial charge in [-0.25, -0.2) is 0 Å². The summed E-state index contributed by atoms with van der Waals surface area (Å²) >= 11 is 0. The standard InChI is InChI=1S/C16H29N3O.2ClH/c1-13-11-18-9-3-2-4-15(18)12-19(13)16(20)6-5-14-7-8-17-10-14;;/h13-15,17H,2-12H2,1H3;2*1H. The molecule has 3 aliphatic rings. The average Bonchev–Trinajstić information content (AvgIpc) is 2.97. The largest absolute Gasteiger partial charge is 0.337 e. The molecular formula is C16H31Cl2N3O. The number of carbonyl (C=O) groups is 1. The number of halogens is 2. The smallest absolute Gasteiger partial charge is 0.222 e. The molecule has 1 N–H and O–H groups in total. The highest BCUT2D eigenvalue weighted by molar-refractivity contribution is 5.85. The van der Waals surface area contributed by atoms with Crippen molar-refractivity contribution in [3.63, 3.8) is 0 Å². The van der Waals surface area contributed by atoms with Gasteiger partial charge in [0.2, 0.25) is 5.91 Å². The lowest BCUT2D eigenvalue weighted by Gasteiger charge is -2.47. The summed E-state index contributed by atoms with van der Waals surface area (Å²) in [6, 6.07) is 1.04. The Bertz CT molecular complexity index is 350. The summed E-state index contributed by atoms with van der Waals surface area (Å²) in [4.78, 5) is 17.3. The van der Waals surface area contributed by atoms with Crippen LogP contribution < -0.4 is 5.32 Å². The van der Waals surface area contributed by atoms with Crippen LogP contribution in [0.2, 0.25) is 0 Å². The fourth-order valence-electron chi connectivity index (χ4n) is 4.13. The molecule has 0 aromatic rings. The van der Waals surface area contributed by atoms with Crippen LogP contribution in [0.5, 0.6) is 0 Å². The third-order valence-corrected chi connectivity index (χ3v) is 5.44. The van der Waals surface area contributed by atoms with Crippen molar-refractivity contribution in [2.24, 2.45) is 5.92 Å². The molecule has 22 heavy (non-hydrogen) atoms. The predicted molar refractivity (Wildman–Crippen MR) is 95.1 cm³/mol. The summed E-state index contributed by atoms with van der Waals surface area (Å²) < 4.78 is 0. The normalized spacial score (nSPS) is 31.9. The minimum absolute atomic E-state index is 0. The second kappa shape index (κ2) is 9.31. The van der Waals surface area contributed by atoms with Gasteiger partial charge in [-0.1, -0.05) is 6.42 Å². The number of nitrogens with one attached hydrogen (secondary N) is 1. The molecule has 3 atom stereocenters. The van der Waals surface area contributed by atoms with Crippen molar-refractivity contribution >= 4 is 30.7 Å². The number of hydrogen-bond donors (Lipinski definition) is 1. The van der Waals surface area contributed by atoms with E-state index in [-0.39, 0.29) is 24.8 Å². The van der Waals surface area contributed by atoms with Gasteiger partial charge in [-0.2, -0.15) is 0 Å². The molecule has 0 spiro atoms. The number of nitrogens with zero attached hydrogens (tertiary/aromatic N) is 2. The Morgan fingerprint density at radius 2 is 2.00 bits per heavy atom. The maximum atomic E-state index is 12.5. The van der Waals surface area contributed by atoms with Gasteiger partial charge in [0, 0.05) is 31.6 Å². The van der Waals surface area contributed by atoms with Crippen molar-refractivity contribution in [1.29, 1.82) is 0 Å². The van der Waals surface area contributed by atoms with Gasteiger partial charge in [-0.3, -0.25) is 9.69 Å². The number of amides is 1. The molecule has 130 valence electrons. The summed E-state index contributed by atoms with van der Waals surface area (Å²) in [5.74, 6) is 1.12. The lowest BCUT2D eigenvalue weighted by Crippen LogP contribution is -2.60. The topological polar surface area (TPSA) is 35.6 Å². The van der Waals surface area contributed by atoms with Gasteiger partial charge in [0.05, 0.1) is 0 Å². The van der Waals surface area contributed by atoms with Crippen LogP contribution in [0.4, 0.5) is 0 Å². The zero-order valence-corrected chi connectivity index (χ0v) is 15.3. The highest BCUT2D eigenvalue weighted by Crippen LogP contribution is 2.25. The summed E-state index contributed by atoms with van der Waals surface area (Å²) in [5, 5.41) is 3.39. The van der Waals surface area contributed by atoms with Crippen LogP contribution in [0.3, 0.4) is 0 Å². The summed E-state index contributed by atoms with van der Waals surface area (Å²) in [6.45, 7) is 7.77. The maximum Gasteiger partial charge on any atom is 0.222 e. The molecule has 3 unspecified atom stereocenters. The van der Waals surface area contributed by atoms with Crippen molar-refractivity contribution in [1.82, 2.24) is 15.1 Å². The van der Waals surface area contributed by atoms with E-state index < -0.39 is 0 Å². The molecule has 0 aromatic heterocycles.